The Morgan fingerprint density at radius 3 is 2.79 bits per heavy atom. The van der Waals surface area contributed by atoms with E-state index >= 15 is 0 Å². The molecule has 3 rings (SSSR count). The molecule has 0 aromatic carbocycles. The zero-order valence-corrected chi connectivity index (χ0v) is 11.7. The van der Waals surface area contributed by atoms with Crippen molar-refractivity contribution >= 4 is 0 Å². The fourth-order valence-electron chi connectivity index (χ4n) is 3.11. The number of hydrogen-bond acceptors (Lipinski definition) is 4. The molecular formula is C15H23N3O. The predicted molar refractivity (Wildman–Crippen MR) is 74.2 cm³/mol. The summed E-state index contributed by atoms with van der Waals surface area (Å²) in [4.78, 5) is 9.43. The molecule has 1 aromatic heterocycles. The van der Waals surface area contributed by atoms with Crippen molar-refractivity contribution in [2.45, 2.75) is 51.0 Å². The van der Waals surface area contributed by atoms with E-state index in [-0.39, 0.29) is 6.04 Å². The topological polar surface area (TPSA) is 47.0 Å². The lowest BCUT2D eigenvalue weighted by Crippen LogP contribution is -2.36. The quantitative estimate of drug-likeness (QED) is 0.888. The Morgan fingerprint density at radius 2 is 2.05 bits per heavy atom. The smallest absolute Gasteiger partial charge is 0.148 e. The number of rotatable bonds is 2. The maximum Gasteiger partial charge on any atom is 0.148 e. The van der Waals surface area contributed by atoms with Crippen LogP contribution in [0.5, 0.6) is 0 Å². The second-order valence-electron chi connectivity index (χ2n) is 5.71. The molecule has 1 atom stereocenters. The summed E-state index contributed by atoms with van der Waals surface area (Å²) in [6, 6.07) is 2.33. The van der Waals surface area contributed by atoms with Crippen molar-refractivity contribution in [2.75, 3.05) is 19.8 Å². The highest BCUT2D eigenvalue weighted by atomic mass is 16.5. The molecule has 4 heteroatoms. The summed E-state index contributed by atoms with van der Waals surface area (Å²) < 4.78 is 5.52. The molecule has 1 unspecified atom stereocenters. The molecule has 1 aliphatic carbocycles. The molecule has 4 nitrogen and oxygen atoms in total. The van der Waals surface area contributed by atoms with E-state index in [1.165, 1.54) is 37.8 Å². The molecule has 0 bridgehead atoms. The summed E-state index contributed by atoms with van der Waals surface area (Å²) >= 11 is 0. The van der Waals surface area contributed by atoms with Crippen molar-refractivity contribution in [3.05, 3.63) is 23.3 Å². The third kappa shape index (κ3) is 3.12. The number of aromatic nitrogens is 2. The zero-order valence-electron chi connectivity index (χ0n) is 11.7. The van der Waals surface area contributed by atoms with Crippen molar-refractivity contribution in [3.8, 4) is 0 Å². The maximum atomic E-state index is 5.52. The van der Waals surface area contributed by atoms with Crippen LogP contribution < -0.4 is 5.32 Å². The number of nitrogens with zero attached hydrogens (tertiary/aromatic N) is 2. The van der Waals surface area contributed by atoms with Crippen molar-refractivity contribution in [1.82, 2.24) is 15.3 Å². The number of morpholine rings is 1. The average molecular weight is 261 g/mol. The monoisotopic (exact) mass is 261 g/mol. The van der Waals surface area contributed by atoms with Crippen LogP contribution in [0.2, 0.25) is 0 Å². The second-order valence-corrected chi connectivity index (χ2v) is 5.71. The number of nitrogens with one attached hydrogen (secondary N) is 1. The fourth-order valence-corrected chi connectivity index (χ4v) is 3.11. The number of ether oxygens (including phenoxy) is 1. The molecule has 0 radical (unpaired) electrons. The highest BCUT2D eigenvalue weighted by Gasteiger charge is 2.22. The summed E-state index contributed by atoms with van der Waals surface area (Å²) in [5, 5.41) is 3.44. The first kappa shape index (κ1) is 13.0. The minimum absolute atomic E-state index is 0.163. The molecule has 0 amide bonds. The standard InChI is InChI=1S/C15H23N3O/c1-11-9-13(12-5-3-2-4-6-12)18-15(17-11)14-10-19-8-7-16-14/h9,12,14,16H,2-8,10H2,1H3. The SMILES string of the molecule is Cc1cc(C2CCCCC2)nc(C2COCCN2)n1. The Kier molecular flexibility index (Phi) is 4.09. The van der Waals surface area contributed by atoms with Gasteiger partial charge in [0.1, 0.15) is 5.82 Å². The summed E-state index contributed by atoms with van der Waals surface area (Å²) in [5.41, 5.74) is 2.33. The zero-order chi connectivity index (χ0) is 13.1. The molecule has 1 saturated carbocycles. The van der Waals surface area contributed by atoms with E-state index in [1.807, 2.05) is 0 Å². The Labute approximate surface area is 115 Å². The normalized spacial score (nSPS) is 25.4. The highest BCUT2D eigenvalue weighted by molar-refractivity contribution is 5.16. The van der Waals surface area contributed by atoms with Gasteiger partial charge in [0, 0.05) is 23.9 Å². The molecule has 1 aliphatic heterocycles. The van der Waals surface area contributed by atoms with Crippen LogP contribution in [0.1, 0.15) is 61.3 Å². The molecule has 2 heterocycles. The van der Waals surface area contributed by atoms with Crippen molar-refractivity contribution in [2.24, 2.45) is 0 Å². The fraction of sp³-hybridized carbons (Fsp3) is 0.733. The summed E-state index contributed by atoms with van der Waals surface area (Å²) in [6.07, 6.45) is 6.63. The predicted octanol–water partition coefficient (Wildman–Crippen LogP) is 2.49. The van der Waals surface area contributed by atoms with E-state index in [9.17, 15) is 0 Å². The average Bonchev–Trinajstić information content (AvgIpc) is 2.48. The minimum atomic E-state index is 0.163. The summed E-state index contributed by atoms with van der Waals surface area (Å²) in [7, 11) is 0. The van der Waals surface area contributed by atoms with Gasteiger partial charge in [-0.15, -0.1) is 0 Å². The largest absolute Gasteiger partial charge is 0.378 e. The van der Waals surface area contributed by atoms with Crippen LogP contribution >= 0.6 is 0 Å². The molecule has 1 N–H and O–H groups in total. The van der Waals surface area contributed by atoms with Gasteiger partial charge in [0.2, 0.25) is 0 Å². The van der Waals surface area contributed by atoms with Gasteiger partial charge >= 0.3 is 0 Å². The Hall–Kier alpha value is -1.00. The van der Waals surface area contributed by atoms with Crippen LogP contribution in [0, 0.1) is 6.92 Å². The van der Waals surface area contributed by atoms with Crippen molar-refractivity contribution in [3.63, 3.8) is 0 Å². The third-order valence-corrected chi connectivity index (χ3v) is 4.15. The van der Waals surface area contributed by atoms with Gasteiger partial charge in [0.25, 0.3) is 0 Å². The molecule has 0 spiro atoms. The van der Waals surface area contributed by atoms with Crippen LogP contribution in [0.15, 0.2) is 6.07 Å². The lowest BCUT2D eigenvalue weighted by atomic mass is 9.86. The Morgan fingerprint density at radius 1 is 1.21 bits per heavy atom. The first-order valence-electron chi connectivity index (χ1n) is 7.49. The first-order chi connectivity index (χ1) is 9.33. The molecule has 1 aromatic rings. The molecule has 2 aliphatic rings. The van der Waals surface area contributed by atoms with Gasteiger partial charge in [-0.25, -0.2) is 9.97 Å². The number of hydrogen-bond donors (Lipinski definition) is 1. The van der Waals surface area contributed by atoms with E-state index in [0.29, 0.717) is 12.5 Å². The Balaban J connectivity index is 1.82. The van der Waals surface area contributed by atoms with Crippen LogP contribution in [-0.4, -0.2) is 29.7 Å². The molecular weight excluding hydrogens is 238 g/mol. The van der Waals surface area contributed by atoms with E-state index < -0.39 is 0 Å². The Bertz CT molecular complexity index is 387. The summed E-state index contributed by atoms with van der Waals surface area (Å²) in [6.45, 7) is 4.44. The van der Waals surface area contributed by atoms with E-state index in [2.05, 4.69) is 23.3 Å². The van der Waals surface area contributed by atoms with Crippen LogP contribution in [-0.2, 0) is 4.74 Å². The third-order valence-electron chi connectivity index (χ3n) is 4.15. The van der Waals surface area contributed by atoms with Gasteiger partial charge < -0.3 is 10.1 Å². The molecule has 1 saturated heterocycles. The van der Waals surface area contributed by atoms with Gasteiger partial charge in [-0.2, -0.15) is 0 Å². The lowest BCUT2D eigenvalue weighted by Gasteiger charge is -2.25. The van der Waals surface area contributed by atoms with E-state index in [1.54, 1.807) is 0 Å². The van der Waals surface area contributed by atoms with Gasteiger partial charge in [0.15, 0.2) is 0 Å². The molecule has 2 fully saturated rings. The second kappa shape index (κ2) is 5.97. The van der Waals surface area contributed by atoms with Gasteiger partial charge in [0.05, 0.1) is 19.3 Å². The minimum Gasteiger partial charge on any atom is -0.378 e. The van der Waals surface area contributed by atoms with Crippen molar-refractivity contribution in [1.29, 1.82) is 0 Å². The van der Waals surface area contributed by atoms with Gasteiger partial charge in [-0.05, 0) is 25.8 Å². The van der Waals surface area contributed by atoms with Gasteiger partial charge in [-0.1, -0.05) is 19.3 Å². The van der Waals surface area contributed by atoms with Gasteiger partial charge in [-0.3, -0.25) is 0 Å². The molecule has 104 valence electrons. The van der Waals surface area contributed by atoms with E-state index in [0.717, 1.165) is 24.7 Å². The lowest BCUT2D eigenvalue weighted by molar-refractivity contribution is 0.0740. The first-order valence-corrected chi connectivity index (χ1v) is 7.49. The van der Waals surface area contributed by atoms with Crippen LogP contribution in [0.3, 0.4) is 0 Å². The summed E-state index contributed by atoms with van der Waals surface area (Å²) in [5.74, 6) is 1.55. The highest BCUT2D eigenvalue weighted by Crippen LogP contribution is 2.32. The van der Waals surface area contributed by atoms with Crippen LogP contribution in [0.25, 0.3) is 0 Å². The van der Waals surface area contributed by atoms with Crippen molar-refractivity contribution < 1.29 is 4.74 Å². The molecule has 19 heavy (non-hydrogen) atoms. The number of aryl methyl sites for hydroxylation is 1. The maximum absolute atomic E-state index is 5.52. The van der Waals surface area contributed by atoms with Crippen LogP contribution in [0.4, 0.5) is 0 Å². The van der Waals surface area contributed by atoms with E-state index in [4.69, 9.17) is 9.72 Å².